The van der Waals surface area contributed by atoms with Crippen LogP contribution in [0.2, 0.25) is 0 Å². The lowest BCUT2D eigenvalue weighted by Gasteiger charge is -2.26. The summed E-state index contributed by atoms with van der Waals surface area (Å²) in [4.78, 5) is 25.6. The van der Waals surface area contributed by atoms with Gasteiger partial charge in [-0.05, 0) is 42.3 Å². The summed E-state index contributed by atoms with van der Waals surface area (Å²) in [7, 11) is 0. The van der Waals surface area contributed by atoms with Crippen molar-refractivity contribution in [1.29, 1.82) is 0 Å². The molecule has 0 saturated carbocycles. The standard InChI is InChI=1S/C20H22N4O2S/c1-3-14-10-8-9-13-16(14)21-18(27)23-24-17(25)20(4-2,22-19(24)26)15-11-6-5-7-12-15/h5-13H,3-4H2,1-2H3,(H,22,26)(H2,21,23,27)/t20-/m0/s1. The van der Waals surface area contributed by atoms with E-state index in [1.807, 2.05) is 68.4 Å². The Bertz CT molecular complexity index is 871. The largest absolute Gasteiger partial charge is 0.344 e. The molecule has 0 spiro atoms. The van der Waals surface area contributed by atoms with Gasteiger partial charge >= 0.3 is 6.03 Å². The van der Waals surface area contributed by atoms with Gasteiger partial charge in [-0.25, -0.2) is 4.79 Å². The summed E-state index contributed by atoms with van der Waals surface area (Å²) in [5, 5.41) is 7.00. The van der Waals surface area contributed by atoms with Crippen LogP contribution in [-0.2, 0) is 16.8 Å². The minimum absolute atomic E-state index is 0.180. The van der Waals surface area contributed by atoms with Crippen LogP contribution in [0.4, 0.5) is 10.5 Å². The maximum atomic E-state index is 13.1. The molecule has 3 amide bonds. The van der Waals surface area contributed by atoms with Crippen LogP contribution in [0, 0.1) is 0 Å². The average molecular weight is 382 g/mol. The number of urea groups is 1. The van der Waals surface area contributed by atoms with Crippen molar-refractivity contribution in [2.24, 2.45) is 0 Å². The second-order valence-electron chi connectivity index (χ2n) is 6.27. The highest BCUT2D eigenvalue weighted by atomic mass is 32.1. The zero-order valence-corrected chi connectivity index (χ0v) is 16.1. The van der Waals surface area contributed by atoms with E-state index < -0.39 is 11.6 Å². The second-order valence-corrected chi connectivity index (χ2v) is 6.68. The van der Waals surface area contributed by atoms with E-state index in [2.05, 4.69) is 16.1 Å². The zero-order valence-electron chi connectivity index (χ0n) is 15.3. The third-order valence-electron chi connectivity index (χ3n) is 4.75. The SMILES string of the molecule is CCc1ccccc1NC(=S)NN1C(=O)N[C@@](CC)(c2ccccc2)C1=O. The summed E-state index contributed by atoms with van der Waals surface area (Å²) in [6, 6.07) is 16.4. The molecule has 6 nitrogen and oxygen atoms in total. The van der Waals surface area contributed by atoms with Crippen LogP contribution in [0.1, 0.15) is 31.4 Å². The summed E-state index contributed by atoms with van der Waals surface area (Å²) in [6.45, 7) is 3.91. The van der Waals surface area contributed by atoms with Gasteiger partial charge in [0.2, 0.25) is 0 Å². The van der Waals surface area contributed by atoms with Gasteiger partial charge in [0.05, 0.1) is 0 Å². The second kappa shape index (κ2) is 7.75. The first-order valence-corrected chi connectivity index (χ1v) is 9.30. The first-order valence-electron chi connectivity index (χ1n) is 8.89. The number of anilines is 1. The van der Waals surface area contributed by atoms with Crippen molar-refractivity contribution in [3.8, 4) is 0 Å². The van der Waals surface area contributed by atoms with Gasteiger partial charge in [-0.2, -0.15) is 5.01 Å². The summed E-state index contributed by atoms with van der Waals surface area (Å²) >= 11 is 5.32. The Morgan fingerprint density at radius 1 is 1.07 bits per heavy atom. The normalized spacial score (nSPS) is 19.0. The number of rotatable bonds is 5. The van der Waals surface area contributed by atoms with Gasteiger partial charge in [0.1, 0.15) is 5.54 Å². The number of nitrogens with zero attached hydrogens (tertiary/aromatic N) is 1. The van der Waals surface area contributed by atoms with Crippen LogP contribution < -0.4 is 16.1 Å². The average Bonchev–Trinajstić information content (AvgIpc) is 2.94. The number of amides is 3. The van der Waals surface area contributed by atoms with E-state index in [1.54, 1.807) is 0 Å². The lowest BCUT2D eigenvalue weighted by molar-refractivity contribution is -0.133. The molecule has 140 valence electrons. The van der Waals surface area contributed by atoms with Crippen LogP contribution in [0.15, 0.2) is 54.6 Å². The van der Waals surface area contributed by atoms with Gasteiger partial charge < -0.3 is 10.6 Å². The summed E-state index contributed by atoms with van der Waals surface area (Å²) in [5.74, 6) is -0.380. The number of imide groups is 1. The van der Waals surface area contributed by atoms with Gasteiger partial charge in [-0.3, -0.25) is 10.2 Å². The van der Waals surface area contributed by atoms with Gasteiger partial charge in [0, 0.05) is 5.69 Å². The molecule has 2 aromatic carbocycles. The Kier molecular flexibility index (Phi) is 5.41. The molecule has 0 bridgehead atoms. The van der Waals surface area contributed by atoms with Crippen molar-refractivity contribution in [1.82, 2.24) is 15.8 Å². The van der Waals surface area contributed by atoms with Crippen LogP contribution in [-0.4, -0.2) is 22.1 Å². The summed E-state index contributed by atoms with van der Waals surface area (Å²) in [6.07, 6.45) is 1.26. The quantitative estimate of drug-likeness (QED) is 0.547. The number of thiocarbonyl (C=S) groups is 1. The molecule has 1 heterocycles. The first kappa shape index (κ1) is 18.8. The number of hydrazine groups is 1. The van der Waals surface area contributed by atoms with Gasteiger partial charge in [0.15, 0.2) is 5.11 Å². The maximum Gasteiger partial charge on any atom is 0.344 e. The molecule has 1 atom stereocenters. The van der Waals surface area contributed by atoms with Crippen LogP contribution in [0.25, 0.3) is 0 Å². The lowest BCUT2D eigenvalue weighted by Crippen LogP contribution is -2.49. The van der Waals surface area contributed by atoms with Crippen molar-refractivity contribution in [2.75, 3.05) is 5.32 Å². The van der Waals surface area contributed by atoms with E-state index in [4.69, 9.17) is 12.2 Å². The molecule has 0 aliphatic carbocycles. The molecule has 3 rings (SSSR count). The number of carbonyl (C=O) groups excluding carboxylic acids is 2. The van der Waals surface area contributed by atoms with Crippen molar-refractivity contribution in [3.63, 3.8) is 0 Å². The van der Waals surface area contributed by atoms with E-state index in [9.17, 15) is 9.59 Å². The monoisotopic (exact) mass is 382 g/mol. The van der Waals surface area contributed by atoms with Crippen molar-refractivity contribution in [2.45, 2.75) is 32.2 Å². The number of hydrogen-bond donors (Lipinski definition) is 3. The number of hydrogen-bond acceptors (Lipinski definition) is 3. The lowest BCUT2D eigenvalue weighted by atomic mass is 9.87. The molecule has 0 unspecified atom stereocenters. The Balaban J connectivity index is 1.78. The van der Waals surface area contributed by atoms with Crippen molar-refractivity contribution >= 4 is 35.0 Å². The highest BCUT2D eigenvalue weighted by Gasteiger charge is 2.51. The predicted octanol–water partition coefficient (Wildman–Crippen LogP) is 3.31. The molecule has 3 N–H and O–H groups in total. The van der Waals surface area contributed by atoms with Crippen molar-refractivity contribution in [3.05, 3.63) is 65.7 Å². The fourth-order valence-electron chi connectivity index (χ4n) is 3.24. The van der Waals surface area contributed by atoms with Gasteiger partial charge in [-0.1, -0.05) is 62.4 Å². The number of nitrogens with one attached hydrogen (secondary N) is 3. The Labute approximate surface area is 163 Å². The Hall–Kier alpha value is -2.93. The molecule has 1 aliphatic rings. The smallest absolute Gasteiger partial charge is 0.331 e. The molecule has 2 aromatic rings. The minimum Gasteiger partial charge on any atom is -0.331 e. The van der Waals surface area contributed by atoms with E-state index in [-0.39, 0.29) is 11.0 Å². The highest BCUT2D eigenvalue weighted by Crippen LogP contribution is 2.31. The third-order valence-corrected chi connectivity index (χ3v) is 4.94. The van der Waals surface area contributed by atoms with Gasteiger partial charge in [0.25, 0.3) is 5.91 Å². The molecular formula is C20H22N4O2S. The first-order chi connectivity index (χ1) is 13.0. The number of para-hydroxylation sites is 1. The minimum atomic E-state index is -1.09. The fraction of sp³-hybridized carbons (Fsp3) is 0.250. The van der Waals surface area contributed by atoms with Crippen LogP contribution >= 0.6 is 12.2 Å². The maximum absolute atomic E-state index is 13.1. The van der Waals surface area contributed by atoms with Crippen molar-refractivity contribution < 1.29 is 9.59 Å². The predicted molar refractivity (Wildman–Crippen MR) is 109 cm³/mol. The molecular weight excluding hydrogens is 360 g/mol. The van der Waals surface area contributed by atoms with E-state index in [0.717, 1.165) is 28.2 Å². The molecule has 1 fully saturated rings. The Morgan fingerprint density at radius 3 is 2.41 bits per heavy atom. The number of aryl methyl sites for hydroxylation is 1. The van der Waals surface area contributed by atoms with Crippen LogP contribution in [0.3, 0.4) is 0 Å². The third kappa shape index (κ3) is 3.50. The molecule has 1 saturated heterocycles. The molecule has 27 heavy (non-hydrogen) atoms. The van der Waals surface area contributed by atoms with E-state index in [1.165, 1.54) is 0 Å². The number of benzene rings is 2. The number of carbonyl (C=O) groups is 2. The summed E-state index contributed by atoms with van der Waals surface area (Å²) in [5.41, 5.74) is 4.31. The zero-order chi connectivity index (χ0) is 19.4. The molecule has 0 radical (unpaired) electrons. The fourth-order valence-corrected chi connectivity index (χ4v) is 3.44. The van der Waals surface area contributed by atoms with Crippen LogP contribution in [0.5, 0.6) is 0 Å². The highest BCUT2D eigenvalue weighted by molar-refractivity contribution is 7.80. The van der Waals surface area contributed by atoms with Gasteiger partial charge in [-0.15, -0.1) is 0 Å². The molecule has 7 heteroatoms. The van der Waals surface area contributed by atoms with E-state index >= 15 is 0 Å². The summed E-state index contributed by atoms with van der Waals surface area (Å²) < 4.78 is 0. The van der Waals surface area contributed by atoms with E-state index in [0.29, 0.717) is 6.42 Å². The molecule has 0 aromatic heterocycles. The topological polar surface area (TPSA) is 73.5 Å². The molecule has 1 aliphatic heterocycles. The Morgan fingerprint density at radius 2 is 1.74 bits per heavy atom.